The van der Waals surface area contributed by atoms with E-state index in [-0.39, 0.29) is 11.2 Å². The average Bonchev–Trinajstić information content (AvgIpc) is 2.34. The van der Waals surface area contributed by atoms with E-state index in [1.807, 2.05) is 20.8 Å². The molecule has 0 saturated carbocycles. The van der Waals surface area contributed by atoms with Crippen molar-refractivity contribution in [3.63, 3.8) is 0 Å². The molecule has 0 aliphatic carbocycles. The highest BCUT2D eigenvalue weighted by Crippen LogP contribution is 2.47. The second kappa shape index (κ2) is 6.97. The van der Waals surface area contributed by atoms with E-state index in [0.717, 1.165) is 5.56 Å². The van der Waals surface area contributed by atoms with Gasteiger partial charge in [-0.05, 0) is 22.5 Å². The fourth-order valence-corrected chi connectivity index (χ4v) is 2.55. The Balaban J connectivity index is 3.13. The molecule has 0 aromatic heterocycles. The molecule has 0 bridgehead atoms. The Morgan fingerprint density at radius 2 is 1.40 bits per heavy atom. The van der Waals surface area contributed by atoms with Crippen molar-refractivity contribution in [1.82, 2.24) is 0 Å². The number of benzene rings is 1. The van der Waals surface area contributed by atoms with Gasteiger partial charge in [0.1, 0.15) is 5.75 Å². The molecular formula is C16H21F5O3P-. The van der Waals surface area contributed by atoms with Gasteiger partial charge in [0.15, 0.2) is 8.60 Å². The molecule has 1 unspecified atom stereocenters. The van der Waals surface area contributed by atoms with Gasteiger partial charge in [0, 0.05) is 5.56 Å². The molecule has 0 aliphatic rings. The molecular weight excluding hydrogens is 366 g/mol. The van der Waals surface area contributed by atoms with Crippen LogP contribution in [0.15, 0.2) is 18.2 Å². The maximum Gasteiger partial charge on any atom is 0.483 e. The fourth-order valence-electron chi connectivity index (χ4n) is 1.91. The van der Waals surface area contributed by atoms with Crippen molar-refractivity contribution in [3.8, 4) is 5.75 Å². The maximum absolute atomic E-state index is 12.8. The maximum atomic E-state index is 12.8. The highest BCUT2D eigenvalue weighted by atomic mass is 31.2. The van der Waals surface area contributed by atoms with Crippen LogP contribution in [0.4, 0.5) is 22.0 Å². The van der Waals surface area contributed by atoms with Gasteiger partial charge in [-0.3, -0.25) is 4.52 Å². The van der Waals surface area contributed by atoms with E-state index in [4.69, 9.17) is 4.52 Å². The molecule has 0 N–H and O–H groups in total. The van der Waals surface area contributed by atoms with Gasteiger partial charge in [0.2, 0.25) is 0 Å². The molecule has 0 fully saturated rings. The van der Waals surface area contributed by atoms with Gasteiger partial charge in [0.25, 0.3) is 0 Å². The Hall–Kier alpha value is -0.980. The van der Waals surface area contributed by atoms with Crippen LogP contribution in [0.25, 0.3) is 0 Å². The SMILES string of the molecule is CC(C)(C)c1ccc(OP([O-])OC(F)(F)C(F)(F)F)c(C(C)(C)C)c1. The average molecular weight is 387 g/mol. The molecule has 0 radical (unpaired) electrons. The summed E-state index contributed by atoms with van der Waals surface area (Å²) in [6, 6.07) is 4.78. The molecule has 1 aromatic rings. The Morgan fingerprint density at radius 1 is 0.880 bits per heavy atom. The van der Waals surface area contributed by atoms with E-state index < -0.39 is 26.3 Å². The predicted molar refractivity (Wildman–Crippen MR) is 83.5 cm³/mol. The van der Waals surface area contributed by atoms with Crippen LogP contribution in [0.5, 0.6) is 5.75 Å². The largest absolute Gasteiger partial charge is 0.775 e. The van der Waals surface area contributed by atoms with Crippen LogP contribution in [-0.2, 0) is 15.4 Å². The number of alkyl halides is 5. The standard InChI is InChI=1S/C16H21F5O3P/c1-13(2,3)10-7-8-12(11(9-10)14(4,5)6)23-25(22)24-16(20,21)15(17,18)19/h7-9H,1-6H3/q-1. The second-order valence-corrected chi connectivity index (χ2v) is 8.44. The summed E-state index contributed by atoms with van der Waals surface area (Å²) in [5.74, 6) is -0.0698. The van der Waals surface area contributed by atoms with Crippen molar-refractivity contribution >= 4 is 8.60 Å². The fraction of sp³-hybridized carbons (Fsp3) is 0.625. The minimum absolute atomic E-state index is 0.0698. The quantitative estimate of drug-likeness (QED) is 0.512. The lowest BCUT2D eigenvalue weighted by molar-refractivity contribution is -0.374. The third kappa shape index (κ3) is 5.76. The molecule has 1 aromatic carbocycles. The Morgan fingerprint density at radius 3 is 1.80 bits per heavy atom. The summed E-state index contributed by atoms with van der Waals surface area (Å²) >= 11 is 0. The van der Waals surface area contributed by atoms with Crippen LogP contribution in [0.3, 0.4) is 0 Å². The van der Waals surface area contributed by atoms with Gasteiger partial charge in [0.05, 0.1) is 0 Å². The van der Waals surface area contributed by atoms with Crippen molar-refractivity contribution in [3.05, 3.63) is 29.3 Å². The van der Waals surface area contributed by atoms with Crippen LogP contribution in [0.1, 0.15) is 52.7 Å². The van der Waals surface area contributed by atoms with E-state index in [1.165, 1.54) is 6.07 Å². The lowest BCUT2D eigenvalue weighted by atomic mass is 9.80. The number of rotatable bonds is 4. The topological polar surface area (TPSA) is 41.5 Å². The summed E-state index contributed by atoms with van der Waals surface area (Å²) in [7, 11) is -3.73. The third-order valence-electron chi connectivity index (χ3n) is 3.35. The van der Waals surface area contributed by atoms with E-state index in [2.05, 4.69) is 4.52 Å². The first kappa shape index (κ1) is 22.1. The van der Waals surface area contributed by atoms with E-state index in [1.54, 1.807) is 32.9 Å². The van der Waals surface area contributed by atoms with Crippen molar-refractivity contribution in [1.29, 1.82) is 0 Å². The molecule has 0 heterocycles. The first-order valence-electron chi connectivity index (χ1n) is 7.39. The van der Waals surface area contributed by atoms with Gasteiger partial charge in [-0.25, -0.2) is 0 Å². The van der Waals surface area contributed by atoms with Crippen LogP contribution in [0.2, 0.25) is 0 Å². The first-order chi connectivity index (χ1) is 10.9. The monoisotopic (exact) mass is 387 g/mol. The highest BCUT2D eigenvalue weighted by molar-refractivity contribution is 7.39. The lowest BCUT2D eigenvalue weighted by Crippen LogP contribution is -2.39. The number of hydrogen-bond acceptors (Lipinski definition) is 3. The first-order valence-corrected chi connectivity index (χ1v) is 8.48. The zero-order chi connectivity index (χ0) is 19.8. The summed E-state index contributed by atoms with van der Waals surface area (Å²) in [4.78, 5) is 11.6. The van der Waals surface area contributed by atoms with Crippen LogP contribution in [0, 0.1) is 0 Å². The zero-order valence-electron chi connectivity index (χ0n) is 14.8. The Kier molecular flexibility index (Phi) is 6.15. The van der Waals surface area contributed by atoms with E-state index in [9.17, 15) is 26.8 Å². The van der Waals surface area contributed by atoms with E-state index in [0.29, 0.717) is 5.56 Å². The minimum atomic E-state index is -5.98. The van der Waals surface area contributed by atoms with Crippen molar-refractivity contribution in [2.75, 3.05) is 0 Å². The van der Waals surface area contributed by atoms with Gasteiger partial charge in [-0.2, -0.15) is 22.0 Å². The zero-order valence-corrected chi connectivity index (χ0v) is 15.7. The molecule has 0 aliphatic heterocycles. The van der Waals surface area contributed by atoms with Crippen LogP contribution < -0.4 is 9.42 Å². The molecule has 9 heteroatoms. The minimum Gasteiger partial charge on any atom is -0.775 e. The molecule has 0 spiro atoms. The van der Waals surface area contributed by atoms with Crippen molar-refractivity contribution in [2.24, 2.45) is 0 Å². The van der Waals surface area contributed by atoms with Gasteiger partial charge < -0.3 is 9.42 Å². The van der Waals surface area contributed by atoms with Crippen LogP contribution in [-0.4, -0.2) is 12.3 Å². The molecule has 0 saturated heterocycles. The third-order valence-corrected chi connectivity index (χ3v) is 4.07. The van der Waals surface area contributed by atoms with Crippen molar-refractivity contribution < 1.29 is 35.9 Å². The van der Waals surface area contributed by atoms with E-state index >= 15 is 0 Å². The highest BCUT2D eigenvalue weighted by Gasteiger charge is 2.60. The molecule has 1 rings (SSSR count). The summed E-state index contributed by atoms with van der Waals surface area (Å²) in [6.07, 6.45) is -11.5. The normalized spacial score (nSPS) is 15.2. The summed E-state index contributed by atoms with van der Waals surface area (Å²) < 4.78 is 70.1. The number of hydrogen-bond donors (Lipinski definition) is 0. The summed E-state index contributed by atoms with van der Waals surface area (Å²) in [5.41, 5.74) is 0.670. The smallest absolute Gasteiger partial charge is 0.483 e. The molecule has 144 valence electrons. The summed E-state index contributed by atoms with van der Waals surface area (Å²) in [6.45, 7) is 11.3. The molecule has 1 atom stereocenters. The summed E-state index contributed by atoms with van der Waals surface area (Å²) in [5, 5.41) is 0. The van der Waals surface area contributed by atoms with Crippen LogP contribution >= 0.6 is 8.60 Å². The van der Waals surface area contributed by atoms with Gasteiger partial charge >= 0.3 is 12.3 Å². The van der Waals surface area contributed by atoms with Crippen molar-refractivity contribution in [2.45, 2.75) is 64.7 Å². The van der Waals surface area contributed by atoms with Gasteiger partial charge in [-0.15, -0.1) is 0 Å². The second-order valence-electron chi connectivity index (χ2n) is 7.63. The van der Waals surface area contributed by atoms with Gasteiger partial charge in [-0.1, -0.05) is 53.7 Å². The molecule has 25 heavy (non-hydrogen) atoms. The molecule has 3 nitrogen and oxygen atoms in total. The Labute approximate surface area is 145 Å². The lowest BCUT2D eigenvalue weighted by Gasteiger charge is -2.32. The number of halogens is 5. The predicted octanol–water partition coefficient (Wildman–Crippen LogP) is 5.42. The molecule has 0 amide bonds. The Bertz CT molecular complexity index is 603.